The summed E-state index contributed by atoms with van der Waals surface area (Å²) in [5.74, 6) is 1.43. The van der Waals surface area contributed by atoms with Crippen LogP contribution >= 0.6 is 11.8 Å². The predicted octanol–water partition coefficient (Wildman–Crippen LogP) is 3.42. The van der Waals surface area contributed by atoms with Crippen molar-refractivity contribution in [2.24, 2.45) is 10.2 Å². The Balaban J connectivity index is 1.62. The SMILES string of the molecule is C=CCOc1ccccc1/C=N/N=C1\NC(=O)C(Cc2ccc(OC)cc2)S1. The summed E-state index contributed by atoms with van der Waals surface area (Å²) in [6.07, 6.45) is 3.90. The number of hydrogen-bond donors (Lipinski definition) is 1. The van der Waals surface area contributed by atoms with Crippen molar-refractivity contribution in [1.29, 1.82) is 0 Å². The fraction of sp³-hybridized carbons (Fsp3) is 0.190. The van der Waals surface area contributed by atoms with Gasteiger partial charge in [-0.3, -0.25) is 4.79 Å². The Labute approximate surface area is 168 Å². The summed E-state index contributed by atoms with van der Waals surface area (Å²) in [6.45, 7) is 4.06. The maximum Gasteiger partial charge on any atom is 0.239 e. The van der Waals surface area contributed by atoms with Crippen molar-refractivity contribution < 1.29 is 14.3 Å². The fourth-order valence-corrected chi connectivity index (χ4v) is 3.54. The first-order valence-corrected chi connectivity index (χ1v) is 9.61. The van der Waals surface area contributed by atoms with Gasteiger partial charge in [-0.2, -0.15) is 5.10 Å². The van der Waals surface area contributed by atoms with Crippen LogP contribution in [0.1, 0.15) is 11.1 Å². The molecular formula is C21H21N3O3S. The Morgan fingerprint density at radius 2 is 2.00 bits per heavy atom. The Kier molecular flexibility index (Phi) is 6.86. The topological polar surface area (TPSA) is 72.3 Å². The van der Waals surface area contributed by atoms with Crippen molar-refractivity contribution >= 4 is 29.1 Å². The average molecular weight is 395 g/mol. The maximum atomic E-state index is 12.2. The highest BCUT2D eigenvalue weighted by molar-refractivity contribution is 8.15. The van der Waals surface area contributed by atoms with Crippen LogP contribution in [-0.2, 0) is 11.2 Å². The first-order valence-electron chi connectivity index (χ1n) is 8.74. The van der Waals surface area contributed by atoms with Gasteiger partial charge in [-0.05, 0) is 36.2 Å². The van der Waals surface area contributed by atoms with E-state index in [0.29, 0.717) is 23.9 Å². The molecule has 1 heterocycles. The van der Waals surface area contributed by atoms with Gasteiger partial charge in [-0.1, -0.05) is 48.7 Å². The number of thioether (sulfide) groups is 1. The summed E-state index contributed by atoms with van der Waals surface area (Å²) in [7, 11) is 1.63. The molecule has 7 heteroatoms. The van der Waals surface area contributed by atoms with Crippen LogP contribution in [0.4, 0.5) is 0 Å². The largest absolute Gasteiger partial charge is 0.497 e. The minimum absolute atomic E-state index is 0.0653. The third-order valence-corrected chi connectivity index (χ3v) is 5.05. The van der Waals surface area contributed by atoms with Crippen LogP contribution in [0.25, 0.3) is 0 Å². The molecule has 1 unspecified atom stereocenters. The van der Waals surface area contributed by atoms with Crippen LogP contribution in [0.5, 0.6) is 11.5 Å². The number of carbonyl (C=O) groups excluding carboxylic acids is 1. The molecule has 0 bridgehead atoms. The number of ether oxygens (including phenoxy) is 2. The van der Waals surface area contributed by atoms with Gasteiger partial charge in [0.1, 0.15) is 18.1 Å². The van der Waals surface area contributed by atoms with Crippen molar-refractivity contribution in [1.82, 2.24) is 5.32 Å². The molecule has 1 aliphatic rings. The van der Waals surface area contributed by atoms with Gasteiger partial charge in [0.2, 0.25) is 5.91 Å². The summed E-state index contributed by atoms with van der Waals surface area (Å²) < 4.78 is 10.7. The third kappa shape index (κ3) is 5.23. The zero-order chi connectivity index (χ0) is 19.8. The van der Waals surface area contributed by atoms with Gasteiger partial charge >= 0.3 is 0 Å². The molecule has 6 nitrogen and oxygen atoms in total. The van der Waals surface area contributed by atoms with Crippen LogP contribution < -0.4 is 14.8 Å². The molecule has 1 aliphatic heterocycles. The van der Waals surface area contributed by atoms with Crippen LogP contribution in [0.15, 0.2) is 71.4 Å². The third-order valence-electron chi connectivity index (χ3n) is 3.98. The summed E-state index contributed by atoms with van der Waals surface area (Å²) in [4.78, 5) is 12.2. The number of methoxy groups -OCH3 is 1. The minimum Gasteiger partial charge on any atom is -0.497 e. The number of para-hydroxylation sites is 1. The van der Waals surface area contributed by atoms with Gasteiger partial charge < -0.3 is 14.8 Å². The summed E-state index contributed by atoms with van der Waals surface area (Å²) in [5, 5.41) is 11.3. The number of nitrogens with zero attached hydrogens (tertiary/aromatic N) is 2. The second kappa shape index (κ2) is 9.75. The Bertz CT molecular complexity index is 894. The molecule has 1 amide bonds. The molecule has 144 valence electrons. The van der Waals surface area contributed by atoms with Gasteiger partial charge in [-0.15, -0.1) is 5.10 Å². The van der Waals surface area contributed by atoms with Crippen molar-refractivity contribution in [2.75, 3.05) is 13.7 Å². The molecule has 2 aromatic carbocycles. The molecule has 1 atom stereocenters. The number of benzene rings is 2. The first-order chi connectivity index (χ1) is 13.7. The number of amidine groups is 1. The van der Waals surface area contributed by atoms with Crippen LogP contribution in [0.3, 0.4) is 0 Å². The van der Waals surface area contributed by atoms with E-state index in [9.17, 15) is 4.79 Å². The number of amides is 1. The van der Waals surface area contributed by atoms with Gasteiger partial charge in [0.25, 0.3) is 0 Å². The smallest absolute Gasteiger partial charge is 0.239 e. The lowest BCUT2D eigenvalue weighted by atomic mass is 10.1. The van der Waals surface area contributed by atoms with Crippen molar-refractivity contribution in [2.45, 2.75) is 11.7 Å². The zero-order valence-electron chi connectivity index (χ0n) is 15.5. The van der Waals surface area contributed by atoms with E-state index < -0.39 is 0 Å². The summed E-state index contributed by atoms with van der Waals surface area (Å²) in [5.41, 5.74) is 1.87. The normalized spacial score (nSPS) is 17.7. The second-order valence-corrected chi connectivity index (χ2v) is 7.13. The van der Waals surface area contributed by atoms with Crippen molar-refractivity contribution in [3.05, 3.63) is 72.3 Å². The maximum absolute atomic E-state index is 12.2. The predicted molar refractivity (Wildman–Crippen MR) is 113 cm³/mol. The van der Waals surface area contributed by atoms with E-state index in [0.717, 1.165) is 16.9 Å². The molecule has 0 saturated carbocycles. The molecule has 0 radical (unpaired) electrons. The highest BCUT2D eigenvalue weighted by Crippen LogP contribution is 2.24. The number of hydrogen-bond acceptors (Lipinski definition) is 6. The highest BCUT2D eigenvalue weighted by Gasteiger charge is 2.30. The Hall–Kier alpha value is -3.06. The molecule has 3 rings (SSSR count). The van der Waals surface area contributed by atoms with Crippen LogP contribution in [0, 0.1) is 0 Å². The standard InChI is InChI=1S/C21H21N3O3S/c1-3-12-27-18-7-5-4-6-16(18)14-22-24-21-23-20(25)19(28-21)13-15-8-10-17(26-2)11-9-15/h3-11,14,19H,1,12-13H2,2H3,(H,23,24,25)/b22-14+. The Morgan fingerprint density at radius 1 is 1.21 bits per heavy atom. The highest BCUT2D eigenvalue weighted by atomic mass is 32.2. The van der Waals surface area contributed by atoms with Crippen LogP contribution in [-0.4, -0.2) is 36.3 Å². The van der Waals surface area contributed by atoms with E-state index in [1.807, 2.05) is 48.5 Å². The molecule has 1 saturated heterocycles. The van der Waals surface area contributed by atoms with Crippen molar-refractivity contribution in [3.8, 4) is 11.5 Å². The molecule has 0 aromatic heterocycles. The fourth-order valence-electron chi connectivity index (χ4n) is 2.57. The average Bonchev–Trinajstić information content (AvgIpc) is 3.07. The monoisotopic (exact) mass is 395 g/mol. The van der Waals surface area contributed by atoms with Gasteiger partial charge in [0, 0.05) is 5.56 Å². The molecular weight excluding hydrogens is 374 g/mol. The zero-order valence-corrected chi connectivity index (χ0v) is 16.3. The van der Waals surface area contributed by atoms with E-state index in [1.165, 1.54) is 11.8 Å². The molecule has 2 aromatic rings. The molecule has 0 aliphatic carbocycles. The van der Waals surface area contributed by atoms with E-state index in [-0.39, 0.29) is 11.2 Å². The van der Waals surface area contributed by atoms with Crippen molar-refractivity contribution in [3.63, 3.8) is 0 Å². The number of rotatable bonds is 8. The van der Waals surface area contributed by atoms with Gasteiger partial charge in [-0.25, -0.2) is 0 Å². The molecule has 28 heavy (non-hydrogen) atoms. The van der Waals surface area contributed by atoms with E-state index >= 15 is 0 Å². The van der Waals surface area contributed by atoms with E-state index in [4.69, 9.17) is 9.47 Å². The summed E-state index contributed by atoms with van der Waals surface area (Å²) in [6, 6.07) is 15.2. The molecule has 0 spiro atoms. The molecule has 1 N–H and O–H groups in total. The minimum atomic E-state index is -0.231. The lowest BCUT2D eigenvalue weighted by Gasteiger charge is -2.06. The number of nitrogens with one attached hydrogen (secondary N) is 1. The van der Waals surface area contributed by atoms with E-state index in [2.05, 4.69) is 22.1 Å². The number of carbonyl (C=O) groups is 1. The van der Waals surface area contributed by atoms with Gasteiger partial charge in [0.05, 0.1) is 18.6 Å². The second-order valence-electron chi connectivity index (χ2n) is 5.94. The summed E-state index contributed by atoms with van der Waals surface area (Å²) >= 11 is 1.38. The van der Waals surface area contributed by atoms with Gasteiger partial charge in [0.15, 0.2) is 5.17 Å². The first kappa shape index (κ1) is 19.7. The van der Waals surface area contributed by atoms with E-state index in [1.54, 1.807) is 19.4 Å². The van der Waals surface area contributed by atoms with Crippen LogP contribution in [0.2, 0.25) is 0 Å². The lowest BCUT2D eigenvalue weighted by Crippen LogP contribution is -2.25. The Morgan fingerprint density at radius 3 is 2.75 bits per heavy atom. The quantitative estimate of drug-likeness (QED) is 0.422. The lowest BCUT2D eigenvalue weighted by molar-refractivity contribution is -0.118. The molecule has 1 fully saturated rings.